The van der Waals surface area contributed by atoms with Crippen molar-refractivity contribution in [3.05, 3.63) is 157 Å². The van der Waals surface area contributed by atoms with Crippen molar-refractivity contribution in [2.24, 2.45) is 0 Å². The van der Waals surface area contributed by atoms with Crippen molar-refractivity contribution in [1.82, 2.24) is 19.5 Å². The predicted octanol–water partition coefficient (Wildman–Crippen LogP) is 13.3. The summed E-state index contributed by atoms with van der Waals surface area (Å²) in [5.74, 6) is 0.740. The molecule has 0 atom stereocenters. The summed E-state index contributed by atoms with van der Waals surface area (Å²) in [5, 5.41) is 4.64. The molecule has 0 amide bonds. The molecule has 0 spiro atoms. The van der Waals surface area contributed by atoms with Crippen LogP contribution in [0.15, 0.2) is 156 Å². The van der Waals surface area contributed by atoms with Gasteiger partial charge in [0, 0.05) is 47.5 Å². The summed E-state index contributed by atoms with van der Waals surface area (Å²) < 4.78 is 58.5. The Morgan fingerprint density at radius 2 is 1.11 bits per heavy atom. The first-order valence-electron chi connectivity index (χ1n) is 17.7. The van der Waals surface area contributed by atoms with Crippen LogP contribution in [0.2, 0.25) is 0 Å². The SMILES string of the molecule is FC(F)(F)c1cc(-c2nc(-c3ccccc3)nc(-c3ccccc3)n2)c2oc3ccccc3c2c1-n1c2ccccc2c2cc3sc4ccccc4c3cc21. The summed E-state index contributed by atoms with van der Waals surface area (Å²) in [6, 6.07) is 47.0. The summed E-state index contributed by atoms with van der Waals surface area (Å²) in [6.45, 7) is 0. The quantitative estimate of drug-likeness (QED) is 0.180. The van der Waals surface area contributed by atoms with Gasteiger partial charge in [-0.3, -0.25) is 0 Å². The molecule has 0 bridgehead atoms. The van der Waals surface area contributed by atoms with Crippen molar-refractivity contribution < 1.29 is 17.6 Å². The molecule has 11 rings (SSSR count). The highest BCUT2D eigenvalue weighted by molar-refractivity contribution is 7.25. The molecule has 0 aliphatic heterocycles. The van der Waals surface area contributed by atoms with Gasteiger partial charge in [-0.2, -0.15) is 13.2 Å². The molecule has 0 N–H and O–H groups in total. The lowest BCUT2D eigenvalue weighted by Gasteiger charge is -2.19. The third-order valence-corrected chi connectivity index (χ3v) is 11.4. The van der Waals surface area contributed by atoms with Gasteiger partial charge >= 0.3 is 6.18 Å². The van der Waals surface area contributed by atoms with Gasteiger partial charge in [0.2, 0.25) is 0 Å². The molecule has 55 heavy (non-hydrogen) atoms. The highest BCUT2D eigenvalue weighted by Crippen LogP contribution is 2.49. The number of thiophene rings is 1. The van der Waals surface area contributed by atoms with E-state index in [0.717, 1.165) is 37.0 Å². The molecular formula is C46H25F3N4OS. The molecule has 0 aliphatic carbocycles. The molecule has 9 heteroatoms. The molecule has 0 radical (unpaired) electrons. The minimum absolute atomic E-state index is 0.0121. The Labute approximate surface area is 314 Å². The van der Waals surface area contributed by atoms with E-state index in [-0.39, 0.29) is 22.7 Å². The Balaban J connectivity index is 1.30. The number of hydrogen-bond donors (Lipinski definition) is 0. The van der Waals surface area contributed by atoms with Crippen LogP contribution in [0.4, 0.5) is 13.2 Å². The van der Waals surface area contributed by atoms with Gasteiger partial charge in [-0.15, -0.1) is 11.3 Å². The maximum atomic E-state index is 16.0. The van der Waals surface area contributed by atoms with E-state index in [1.54, 1.807) is 22.0 Å². The summed E-state index contributed by atoms with van der Waals surface area (Å²) in [5.41, 5.74) is 2.70. The summed E-state index contributed by atoms with van der Waals surface area (Å²) >= 11 is 1.68. The van der Waals surface area contributed by atoms with Crippen molar-refractivity contribution in [2.75, 3.05) is 0 Å². The maximum absolute atomic E-state index is 16.0. The molecule has 7 aromatic carbocycles. The number of nitrogens with zero attached hydrogens (tertiary/aromatic N) is 4. The number of para-hydroxylation sites is 2. The van der Waals surface area contributed by atoms with Crippen LogP contribution < -0.4 is 0 Å². The maximum Gasteiger partial charge on any atom is 0.418 e. The van der Waals surface area contributed by atoms with E-state index in [4.69, 9.17) is 19.4 Å². The summed E-state index contributed by atoms with van der Waals surface area (Å²) in [6.07, 6.45) is -4.79. The lowest BCUT2D eigenvalue weighted by atomic mass is 9.99. The normalized spacial score (nSPS) is 12.3. The second-order valence-electron chi connectivity index (χ2n) is 13.5. The zero-order chi connectivity index (χ0) is 36.8. The predicted molar refractivity (Wildman–Crippen MR) is 216 cm³/mol. The average molecular weight is 739 g/mol. The van der Waals surface area contributed by atoms with Gasteiger partial charge in [0.15, 0.2) is 17.5 Å². The molecule has 0 fully saturated rings. The zero-order valence-corrected chi connectivity index (χ0v) is 29.5. The number of alkyl halides is 3. The van der Waals surface area contributed by atoms with Crippen LogP contribution in [-0.2, 0) is 6.18 Å². The van der Waals surface area contributed by atoms with E-state index in [9.17, 15) is 0 Å². The molecule has 5 nitrogen and oxygen atoms in total. The minimum atomic E-state index is -4.79. The number of aromatic nitrogens is 4. The van der Waals surface area contributed by atoms with E-state index >= 15 is 13.2 Å². The number of furan rings is 1. The fraction of sp³-hybridized carbons (Fsp3) is 0.0217. The third-order valence-electron chi connectivity index (χ3n) is 10.3. The number of hydrogen-bond acceptors (Lipinski definition) is 5. The first-order valence-corrected chi connectivity index (χ1v) is 18.5. The van der Waals surface area contributed by atoms with Crippen molar-refractivity contribution >= 4 is 75.3 Å². The van der Waals surface area contributed by atoms with Crippen LogP contribution in [0, 0.1) is 0 Å². The topological polar surface area (TPSA) is 56.7 Å². The Morgan fingerprint density at radius 1 is 0.509 bits per heavy atom. The van der Waals surface area contributed by atoms with Gasteiger partial charge in [-0.1, -0.05) is 115 Å². The molecule has 0 unspecified atom stereocenters. The van der Waals surface area contributed by atoms with Crippen molar-refractivity contribution in [3.8, 4) is 39.9 Å². The number of fused-ring (bicyclic) bond motifs is 9. The smallest absolute Gasteiger partial charge is 0.418 e. The van der Waals surface area contributed by atoms with Gasteiger partial charge in [0.05, 0.1) is 33.2 Å². The number of halogens is 3. The monoisotopic (exact) mass is 738 g/mol. The Kier molecular flexibility index (Phi) is 6.81. The second-order valence-corrected chi connectivity index (χ2v) is 14.6. The molecule has 4 aromatic heterocycles. The van der Waals surface area contributed by atoms with Crippen LogP contribution in [-0.4, -0.2) is 19.5 Å². The molecular weight excluding hydrogens is 714 g/mol. The fourth-order valence-electron chi connectivity index (χ4n) is 7.85. The number of benzene rings is 7. The largest absolute Gasteiger partial charge is 0.455 e. The van der Waals surface area contributed by atoms with E-state index < -0.39 is 11.7 Å². The zero-order valence-electron chi connectivity index (χ0n) is 28.7. The average Bonchev–Trinajstić information content (AvgIpc) is 3.89. The van der Waals surface area contributed by atoms with E-state index in [2.05, 4.69) is 18.2 Å². The van der Waals surface area contributed by atoms with Crippen molar-refractivity contribution in [1.29, 1.82) is 0 Å². The van der Waals surface area contributed by atoms with Crippen LogP contribution >= 0.6 is 11.3 Å². The molecule has 0 saturated heterocycles. The van der Waals surface area contributed by atoms with Crippen LogP contribution in [0.25, 0.3) is 104 Å². The van der Waals surface area contributed by atoms with Gasteiger partial charge in [0.25, 0.3) is 0 Å². The van der Waals surface area contributed by atoms with Gasteiger partial charge < -0.3 is 8.98 Å². The van der Waals surface area contributed by atoms with Gasteiger partial charge in [-0.05, 0) is 36.4 Å². The highest BCUT2D eigenvalue weighted by Gasteiger charge is 2.39. The Hall–Kier alpha value is -6.84. The lowest BCUT2D eigenvalue weighted by Crippen LogP contribution is -2.12. The molecule has 262 valence electrons. The minimum Gasteiger partial charge on any atom is -0.455 e. The van der Waals surface area contributed by atoms with Gasteiger partial charge in [0.1, 0.15) is 11.2 Å². The van der Waals surface area contributed by atoms with Crippen molar-refractivity contribution in [2.45, 2.75) is 6.18 Å². The first kappa shape index (κ1) is 31.7. The fourth-order valence-corrected chi connectivity index (χ4v) is 8.98. The Bertz CT molecular complexity index is 3250. The molecule has 4 heterocycles. The second kappa shape index (κ2) is 11.8. The summed E-state index contributed by atoms with van der Waals surface area (Å²) in [7, 11) is 0. The Morgan fingerprint density at radius 3 is 1.82 bits per heavy atom. The van der Waals surface area contributed by atoms with E-state index in [0.29, 0.717) is 50.2 Å². The first-order chi connectivity index (χ1) is 26.9. The van der Waals surface area contributed by atoms with E-state index in [1.807, 2.05) is 121 Å². The van der Waals surface area contributed by atoms with Crippen molar-refractivity contribution in [3.63, 3.8) is 0 Å². The van der Waals surface area contributed by atoms with Crippen LogP contribution in [0.3, 0.4) is 0 Å². The molecule has 0 aliphatic rings. The standard InChI is InChI=1S/C46H25F3N4OS/c47-46(48,49)34-23-33(45-51-43(26-13-3-1-4-14-26)50-44(52-45)27-15-5-2-6-16-27)42-40(30-19-8-11-21-37(30)54-42)41(34)53-35-20-10-7-17-28(35)31-25-39-32(24-36(31)53)29-18-9-12-22-38(29)55-39/h1-25H. The molecule has 11 aromatic rings. The van der Waals surface area contributed by atoms with Crippen LogP contribution in [0.5, 0.6) is 0 Å². The highest BCUT2D eigenvalue weighted by atomic mass is 32.1. The lowest BCUT2D eigenvalue weighted by molar-refractivity contribution is -0.137. The summed E-state index contributed by atoms with van der Waals surface area (Å²) in [4.78, 5) is 14.5. The number of rotatable bonds is 4. The van der Waals surface area contributed by atoms with Crippen LogP contribution in [0.1, 0.15) is 5.56 Å². The van der Waals surface area contributed by atoms with Gasteiger partial charge in [-0.25, -0.2) is 15.0 Å². The van der Waals surface area contributed by atoms with E-state index in [1.165, 1.54) is 0 Å². The molecule has 0 saturated carbocycles. The third kappa shape index (κ3) is 4.90.